The molecule has 0 aromatic heterocycles. The molecule has 0 saturated carbocycles. The Morgan fingerprint density at radius 3 is 2.36 bits per heavy atom. The van der Waals surface area contributed by atoms with Crippen LogP contribution in [0.25, 0.3) is 0 Å². The summed E-state index contributed by atoms with van der Waals surface area (Å²) >= 11 is 7.09. The predicted octanol–water partition coefficient (Wildman–Crippen LogP) is 4.85. The van der Waals surface area contributed by atoms with Crippen molar-refractivity contribution in [3.05, 3.63) is 71.8 Å². The van der Waals surface area contributed by atoms with Crippen LogP contribution in [0.4, 0.5) is 0 Å². The highest BCUT2D eigenvalue weighted by atomic mass is 32.2. The molecule has 3 rings (SSSR count). The van der Waals surface area contributed by atoms with Gasteiger partial charge in [-0.1, -0.05) is 98.5 Å². The lowest BCUT2D eigenvalue weighted by Gasteiger charge is -2.31. The number of thioether (sulfide) groups is 1. The SMILES string of the molecule is CC(C)C[C@@H](C(=O)N1C(=S)SC[C@@H]1Cc1ccccc1)[C@H](O)c1ccccc1. The number of aliphatic hydroxyl groups excluding tert-OH is 1. The van der Waals surface area contributed by atoms with Crippen molar-refractivity contribution in [2.45, 2.75) is 38.8 Å². The average Bonchev–Trinajstić information content (AvgIpc) is 3.06. The van der Waals surface area contributed by atoms with Crippen molar-refractivity contribution in [3.63, 3.8) is 0 Å². The Labute approximate surface area is 177 Å². The fourth-order valence-corrected chi connectivity index (χ4v) is 5.12. The van der Waals surface area contributed by atoms with E-state index in [0.717, 1.165) is 17.7 Å². The van der Waals surface area contributed by atoms with Gasteiger partial charge < -0.3 is 5.11 Å². The molecule has 3 atom stereocenters. The Hall–Kier alpha value is -1.69. The first-order chi connectivity index (χ1) is 13.5. The van der Waals surface area contributed by atoms with Crippen molar-refractivity contribution in [3.8, 4) is 0 Å². The zero-order valence-corrected chi connectivity index (χ0v) is 18.0. The van der Waals surface area contributed by atoms with Gasteiger partial charge in [0.1, 0.15) is 4.32 Å². The summed E-state index contributed by atoms with van der Waals surface area (Å²) in [6.45, 7) is 4.16. The van der Waals surface area contributed by atoms with E-state index in [-0.39, 0.29) is 11.9 Å². The molecular formula is C23H27NO2S2. The minimum absolute atomic E-state index is 0.0324. The van der Waals surface area contributed by atoms with Crippen LogP contribution in [0.15, 0.2) is 60.7 Å². The summed E-state index contributed by atoms with van der Waals surface area (Å²) in [5, 5.41) is 11.0. The maximum atomic E-state index is 13.6. The Balaban J connectivity index is 1.84. The topological polar surface area (TPSA) is 40.5 Å². The number of aliphatic hydroxyl groups is 1. The van der Waals surface area contributed by atoms with Crippen LogP contribution >= 0.6 is 24.0 Å². The summed E-state index contributed by atoms with van der Waals surface area (Å²) in [6, 6.07) is 19.7. The number of carbonyl (C=O) groups is 1. The largest absolute Gasteiger partial charge is 0.388 e. The van der Waals surface area contributed by atoms with Crippen molar-refractivity contribution in [2.24, 2.45) is 11.8 Å². The quantitative estimate of drug-likeness (QED) is 0.659. The summed E-state index contributed by atoms with van der Waals surface area (Å²) < 4.78 is 0.625. The standard InChI is InChI=1S/C23H27NO2S2/c1-16(2)13-20(21(25)18-11-7-4-8-12-18)22(26)24-19(15-28-23(24)27)14-17-9-5-3-6-10-17/h3-12,16,19-21,25H,13-15H2,1-2H3/t19-,20+,21+/m0/s1. The molecule has 2 aromatic carbocycles. The Morgan fingerprint density at radius 2 is 1.75 bits per heavy atom. The van der Waals surface area contributed by atoms with E-state index in [4.69, 9.17) is 12.2 Å². The third kappa shape index (κ3) is 5.02. The zero-order valence-electron chi connectivity index (χ0n) is 16.3. The number of rotatable bonds is 7. The number of carbonyl (C=O) groups excluding carboxylic acids is 1. The second-order valence-corrected chi connectivity index (χ2v) is 9.37. The Kier molecular flexibility index (Phi) is 7.27. The molecule has 1 heterocycles. The minimum atomic E-state index is -0.832. The van der Waals surface area contributed by atoms with E-state index >= 15 is 0 Å². The summed E-state index contributed by atoms with van der Waals surface area (Å²) in [5.41, 5.74) is 1.97. The molecule has 0 unspecified atom stereocenters. The molecule has 2 aromatic rings. The highest BCUT2D eigenvalue weighted by Gasteiger charge is 2.40. The lowest BCUT2D eigenvalue weighted by Crippen LogP contribution is -2.45. The van der Waals surface area contributed by atoms with Gasteiger partial charge >= 0.3 is 0 Å². The van der Waals surface area contributed by atoms with Crippen LogP contribution in [0.2, 0.25) is 0 Å². The number of benzene rings is 2. The van der Waals surface area contributed by atoms with Crippen LogP contribution < -0.4 is 0 Å². The number of hydrogen-bond donors (Lipinski definition) is 1. The van der Waals surface area contributed by atoms with Gasteiger partial charge in [0.05, 0.1) is 18.1 Å². The molecule has 1 amide bonds. The third-order valence-corrected chi connectivity index (χ3v) is 6.62. The van der Waals surface area contributed by atoms with E-state index in [1.54, 1.807) is 16.7 Å². The van der Waals surface area contributed by atoms with E-state index in [9.17, 15) is 9.90 Å². The van der Waals surface area contributed by atoms with Crippen LogP contribution in [-0.4, -0.2) is 32.0 Å². The summed E-state index contributed by atoms with van der Waals surface area (Å²) in [5.74, 6) is 0.539. The molecule has 1 saturated heterocycles. The van der Waals surface area contributed by atoms with Crippen molar-refractivity contribution in [1.29, 1.82) is 0 Å². The van der Waals surface area contributed by atoms with Crippen LogP contribution in [0.1, 0.15) is 37.5 Å². The molecule has 0 bridgehead atoms. The second-order valence-electron chi connectivity index (χ2n) is 7.72. The lowest BCUT2D eigenvalue weighted by molar-refractivity contribution is -0.137. The average molecular weight is 414 g/mol. The molecule has 0 radical (unpaired) electrons. The van der Waals surface area contributed by atoms with Gasteiger partial charge in [0.2, 0.25) is 5.91 Å². The maximum absolute atomic E-state index is 13.6. The van der Waals surface area contributed by atoms with E-state index in [2.05, 4.69) is 26.0 Å². The number of nitrogens with zero attached hydrogens (tertiary/aromatic N) is 1. The van der Waals surface area contributed by atoms with Crippen molar-refractivity contribution < 1.29 is 9.90 Å². The molecule has 3 nitrogen and oxygen atoms in total. The minimum Gasteiger partial charge on any atom is -0.388 e. The van der Waals surface area contributed by atoms with Gasteiger partial charge in [0, 0.05) is 5.75 Å². The molecule has 1 aliphatic rings. The van der Waals surface area contributed by atoms with Gasteiger partial charge in [-0.25, -0.2) is 0 Å². The summed E-state index contributed by atoms with van der Waals surface area (Å²) in [4.78, 5) is 15.3. The summed E-state index contributed by atoms with van der Waals surface area (Å²) in [7, 11) is 0. The normalized spacial score (nSPS) is 19.1. The predicted molar refractivity (Wildman–Crippen MR) is 120 cm³/mol. The fourth-order valence-electron chi connectivity index (χ4n) is 3.70. The number of hydrogen-bond acceptors (Lipinski definition) is 4. The first-order valence-corrected chi connectivity index (χ1v) is 11.1. The molecule has 1 N–H and O–H groups in total. The van der Waals surface area contributed by atoms with E-state index < -0.39 is 12.0 Å². The molecule has 1 aliphatic heterocycles. The highest BCUT2D eigenvalue weighted by Crippen LogP contribution is 2.34. The van der Waals surface area contributed by atoms with Crippen molar-refractivity contribution >= 4 is 34.2 Å². The molecule has 148 valence electrons. The smallest absolute Gasteiger partial charge is 0.234 e. The van der Waals surface area contributed by atoms with Crippen molar-refractivity contribution in [2.75, 3.05) is 5.75 Å². The Bertz CT molecular complexity index is 795. The first-order valence-electron chi connectivity index (χ1n) is 9.74. The van der Waals surface area contributed by atoms with Crippen LogP contribution in [0.5, 0.6) is 0 Å². The number of thiocarbonyl (C=S) groups is 1. The van der Waals surface area contributed by atoms with Crippen molar-refractivity contribution in [1.82, 2.24) is 4.90 Å². The Morgan fingerprint density at radius 1 is 1.14 bits per heavy atom. The van der Waals surface area contributed by atoms with Crippen LogP contribution in [0.3, 0.4) is 0 Å². The van der Waals surface area contributed by atoms with E-state index in [1.807, 2.05) is 48.5 Å². The molecule has 1 fully saturated rings. The molecule has 5 heteroatoms. The van der Waals surface area contributed by atoms with Crippen LogP contribution in [-0.2, 0) is 11.2 Å². The van der Waals surface area contributed by atoms with Gasteiger partial charge in [0.25, 0.3) is 0 Å². The zero-order chi connectivity index (χ0) is 20.1. The fraction of sp³-hybridized carbons (Fsp3) is 0.391. The van der Waals surface area contributed by atoms with Gasteiger partial charge in [-0.05, 0) is 29.9 Å². The molecular weight excluding hydrogens is 386 g/mol. The second kappa shape index (κ2) is 9.68. The first kappa shape index (κ1) is 21.0. The third-order valence-electron chi connectivity index (χ3n) is 5.08. The molecule has 28 heavy (non-hydrogen) atoms. The van der Waals surface area contributed by atoms with Gasteiger partial charge in [-0.15, -0.1) is 0 Å². The van der Waals surface area contributed by atoms with Gasteiger partial charge in [-0.3, -0.25) is 9.69 Å². The number of amides is 1. The molecule has 0 spiro atoms. The van der Waals surface area contributed by atoms with Gasteiger partial charge in [0.15, 0.2) is 0 Å². The van der Waals surface area contributed by atoms with E-state index in [0.29, 0.717) is 16.7 Å². The summed E-state index contributed by atoms with van der Waals surface area (Å²) in [6.07, 6.45) is 0.564. The highest BCUT2D eigenvalue weighted by molar-refractivity contribution is 8.23. The van der Waals surface area contributed by atoms with Crippen LogP contribution in [0, 0.1) is 11.8 Å². The van der Waals surface area contributed by atoms with E-state index in [1.165, 1.54) is 5.56 Å². The van der Waals surface area contributed by atoms with Gasteiger partial charge in [-0.2, -0.15) is 0 Å². The molecule has 0 aliphatic carbocycles. The monoisotopic (exact) mass is 413 g/mol. The maximum Gasteiger partial charge on any atom is 0.234 e. The lowest BCUT2D eigenvalue weighted by atomic mass is 9.87.